The first-order valence-electron chi connectivity index (χ1n) is 28.1. The van der Waals surface area contributed by atoms with Gasteiger partial charge in [-0.2, -0.15) is 0 Å². The van der Waals surface area contributed by atoms with Crippen molar-refractivity contribution in [3.8, 4) is 28.5 Å². The summed E-state index contributed by atoms with van der Waals surface area (Å²) < 4.78 is 54.9. The first kappa shape index (κ1) is 69.2. The average Bonchev–Trinajstić information content (AvgIpc) is 1.72. The standard InChI is InChI=1S/C18H23BN2O3.C17H15N3O.C12H24B2O4.C12H11BrN2O.C5H4BrN.CH4/c1-17(2)18(3,4)24-19(23-17)14-10-15(16(20)21-11-14)22-12-13-8-6-5-7-9-13;18-17-16(21-12-13-6-2-1-3-7-13)10-14(11-20-17)15-8-4-5-9-19-15;1-9(2)10(3,4)16-13(15-9)14-17-11(5,6)12(7,8)18-14;13-10-6-11(12(14)15-7-10)16-8-9-4-2-1-3-5-9;6-5-3-1-2-4-7-5;/h5-11H,12H2,1-4H3,(H2,20,21);1-11H,12H2,(H2,18,20);1-8H3;1-7H,8H2,(H2,14,15);1-4H;1H4. The van der Waals surface area contributed by atoms with E-state index in [0.29, 0.717) is 54.5 Å². The van der Waals surface area contributed by atoms with E-state index in [-0.39, 0.29) is 29.8 Å². The average molecular weight is 1310 g/mol. The summed E-state index contributed by atoms with van der Waals surface area (Å²) in [6.07, 6.45) is 8.50. The van der Waals surface area contributed by atoms with Crippen LogP contribution in [0, 0.1) is 0 Å². The Morgan fingerprint density at radius 3 is 1.14 bits per heavy atom. The molecule has 0 radical (unpaired) electrons. The van der Waals surface area contributed by atoms with E-state index in [1.165, 1.54) is 0 Å². The van der Waals surface area contributed by atoms with Gasteiger partial charge in [-0.15, -0.1) is 0 Å². The van der Waals surface area contributed by atoms with E-state index in [9.17, 15) is 0 Å². The van der Waals surface area contributed by atoms with Crippen LogP contribution in [0.25, 0.3) is 11.3 Å². The van der Waals surface area contributed by atoms with Gasteiger partial charge >= 0.3 is 21.1 Å². The third kappa shape index (κ3) is 19.3. The van der Waals surface area contributed by atoms with Crippen LogP contribution >= 0.6 is 31.9 Å². The van der Waals surface area contributed by atoms with E-state index < -0.39 is 32.3 Å². The van der Waals surface area contributed by atoms with Crippen LogP contribution in [-0.4, -0.2) is 79.7 Å². The number of nitrogens with two attached hydrogens (primary N) is 3. The van der Waals surface area contributed by atoms with Gasteiger partial charge in [0, 0.05) is 46.5 Å². The molecule has 0 unspecified atom stereocenters. The molecule has 0 spiro atoms. The van der Waals surface area contributed by atoms with Crippen LogP contribution in [0.4, 0.5) is 17.5 Å². The van der Waals surface area contributed by atoms with Crippen molar-refractivity contribution in [1.29, 1.82) is 0 Å². The van der Waals surface area contributed by atoms with Crippen molar-refractivity contribution in [3.05, 3.63) is 202 Å². The third-order valence-corrected chi connectivity index (χ3v) is 16.1. The van der Waals surface area contributed by atoms with Gasteiger partial charge in [0.1, 0.15) is 24.4 Å². The molecule has 3 aromatic carbocycles. The maximum atomic E-state index is 6.05. The van der Waals surface area contributed by atoms with Crippen LogP contribution in [0.1, 0.15) is 107 Å². The van der Waals surface area contributed by atoms with Crippen LogP contribution in [0.5, 0.6) is 17.2 Å². The monoisotopic (exact) mass is 1310 g/mol. The molecule has 0 saturated carbocycles. The molecule has 8 heterocycles. The van der Waals surface area contributed by atoms with Crippen LogP contribution in [-0.2, 0) is 47.7 Å². The number of ether oxygens (including phenoxy) is 3. The van der Waals surface area contributed by atoms with E-state index in [0.717, 1.165) is 42.5 Å². The van der Waals surface area contributed by atoms with E-state index in [4.69, 9.17) is 59.3 Å². The van der Waals surface area contributed by atoms with Gasteiger partial charge in [-0.1, -0.05) is 111 Å². The van der Waals surface area contributed by atoms with Crippen molar-refractivity contribution in [2.45, 2.75) is 144 Å². The number of hydrogen-bond donors (Lipinski definition) is 3. The number of hydrogen-bond acceptors (Lipinski definition) is 17. The molecule has 8 aromatic rings. The molecular formula is C65H81B3Br2N8O9. The summed E-state index contributed by atoms with van der Waals surface area (Å²) in [5.41, 5.74) is 21.0. The van der Waals surface area contributed by atoms with Crippen LogP contribution in [0.15, 0.2) is 186 Å². The number of nitrogen functional groups attached to an aromatic ring is 3. The number of benzene rings is 3. The summed E-state index contributed by atoms with van der Waals surface area (Å²) in [6.45, 7) is 25.7. The Kier molecular flexibility index (Phi) is 24.2. The highest BCUT2D eigenvalue weighted by Crippen LogP contribution is 2.43. The molecule has 5 aromatic heterocycles. The highest BCUT2D eigenvalue weighted by molar-refractivity contribution is 9.10. The number of pyridine rings is 5. The lowest BCUT2D eigenvalue weighted by atomic mass is 9.49. The van der Waals surface area contributed by atoms with Gasteiger partial charge in [0.2, 0.25) is 0 Å². The van der Waals surface area contributed by atoms with Crippen LogP contribution in [0.3, 0.4) is 0 Å². The van der Waals surface area contributed by atoms with E-state index >= 15 is 0 Å². The lowest BCUT2D eigenvalue weighted by Gasteiger charge is -2.32. The summed E-state index contributed by atoms with van der Waals surface area (Å²) in [5, 5.41) is 0. The van der Waals surface area contributed by atoms with Gasteiger partial charge in [-0.3, -0.25) is 4.98 Å². The Morgan fingerprint density at radius 2 is 0.759 bits per heavy atom. The Hall–Kier alpha value is -6.88. The maximum Gasteiger partial charge on any atom is 0.496 e. The molecule has 17 nitrogen and oxygen atoms in total. The SMILES string of the molecule is Brc1ccccn1.C.CC1(C)OB(B2OC(C)(C)C(C)(C)O2)OC1(C)C.CC1(C)OB(c2cnc(N)c(OCc3ccccc3)c2)OC1(C)C.Nc1ncc(-c2ccccn2)cc1OCc1ccccc1.Nc1ncc(Br)cc1OCc1ccccc1. The van der Waals surface area contributed by atoms with Crippen LogP contribution in [0.2, 0.25) is 0 Å². The predicted octanol–water partition coefficient (Wildman–Crippen LogP) is 13.6. The molecule has 3 saturated heterocycles. The van der Waals surface area contributed by atoms with Crippen molar-refractivity contribution >= 4 is 75.9 Å². The molecule has 458 valence electrons. The molecule has 3 fully saturated rings. The Labute approximate surface area is 531 Å². The second kappa shape index (κ2) is 30.4. The second-order valence-corrected chi connectivity index (χ2v) is 25.1. The molecule has 0 atom stereocenters. The molecule has 11 rings (SSSR count). The zero-order valence-electron chi connectivity index (χ0n) is 51.0. The first-order valence-corrected chi connectivity index (χ1v) is 29.7. The summed E-state index contributed by atoms with van der Waals surface area (Å²) in [7, 11) is -1.44. The number of rotatable bonds is 12. The smallest absolute Gasteiger partial charge is 0.485 e. The van der Waals surface area contributed by atoms with E-state index in [1.54, 1.807) is 31.0 Å². The summed E-state index contributed by atoms with van der Waals surface area (Å²) in [5.74, 6) is 2.84. The van der Waals surface area contributed by atoms with Gasteiger partial charge in [-0.25, -0.2) is 19.9 Å². The minimum Gasteiger partial charge on any atom is -0.485 e. The van der Waals surface area contributed by atoms with Gasteiger partial charge in [-0.05, 0) is 174 Å². The topological polar surface area (TPSA) is 226 Å². The lowest BCUT2D eigenvalue weighted by molar-refractivity contribution is 0.00578. The van der Waals surface area contributed by atoms with Crippen LogP contribution < -0.4 is 36.9 Å². The summed E-state index contributed by atoms with van der Waals surface area (Å²) >= 11 is 6.52. The number of nitrogens with zero attached hydrogens (tertiary/aromatic N) is 5. The van der Waals surface area contributed by atoms with Gasteiger partial charge in [0.05, 0.1) is 39.3 Å². The zero-order chi connectivity index (χ0) is 62.3. The maximum absolute atomic E-state index is 6.05. The molecule has 3 aliphatic heterocycles. The van der Waals surface area contributed by atoms with Crippen molar-refractivity contribution in [3.63, 3.8) is 0 Å². The highest BCUT2D eigenvalue weighted by atomic mass is 79.9. The zero-order valence-corrected chi connectivity index (χ0v) is 54.2. The Bertz CT molecular complexity index is 3320. The fourth-order valence-electron chi connectivity index (χ4n) is 8.03. The normalized spacial score (nSPS) is 16.8. The van der Waals surface area contributed by atoms with E-state index in [1.807, 2.05) is 229 Å². The van der Waals surface area contributed by atoms with Crippen molar-refractivity contribution in [1.82, 2.24) is 24.9 Å². The number of halogens is 2. The molecule has 0 aliphatic carbocycles. The van der Waals surface area contributed by atoms with Gasteiger partial charge < -0.3 is 59.3 Å². The fourth-order valence-corrected chi connectivity index (χ4v) is 8.61. The van der Waals surface area contributed by atoms with E-state index in [2.05, 4.69) is 56.8 Å². The first-order chi connectivity index (χ1) is 40.6. The second-order valence-electron chi connectivity index (χ2n) is 23.3. The minimum absolute atomic E-state index is 0. The molecule has 6 N–H and O–H groups in total. The predicted molar refractivity (Wildman–Crippen MR) is 356 cm³/mol. The molecule has 0 bridgehead atoms. The Balaban J connectivity index is 0.000000179. The highest BCUT2D eigenvalue weighted by Gasteiger charge is 2.63. The largest absolute Gasteiger partial charge is 0.496 e. The number of anilines is 3. The number of aromatic nitrogens is 5. The molecule has 22 heteroatoms. The van der Waals surface area contributed by atoms with Gasteiger partial charge in [0.25, 0.3) is 0 Å². The quantitative estimate of drug-likeness (QED) is 0.0763. The molecular weight excluding hydrogens is 1230 g/mol. The lowest BCUT2D eigenvalue weighted by Crippen LogP contribution is -2.41. The van der Waals surface area contributed by atoms with Gasteiger partial charge in [0.15, 0.2) is 34.7 Å². The minimum atomic E-state index is -0.484. The Morgan fingerprint density at radius 1 is 0.402 bits per heavy atom. The molecule has 87 heavy (non-hydrogen) atoms. The summed E-state index contributed by atoms with van der Waals surface area (Å²) in [6, 6.07) is 46.7. The van der Waals surface area contributed by atoms with Crippen molar-refractivity contribution < 1.29 is 42.1 Å². The molecule has 0 amide bonds. The van der Waals surface area contributed by atoms with Crippen molar-refractivity contribution in [2.75, 3.05) is 17.2 Å². The molecule has 3 aliphatic rings. The van der Waals surface area contributed by atoms with Crippen molar-refractivity contribution in [2.24, 2.45) is 0 Å². The summed E-state index contributed by atoms with van der Waals surface area (Å²) in [4.78, 5) is 20.6. The fraction of sp³-hybridized carbons (Fsp3) is 0.338. The third-order valence-electron chi connectivity index (χ3n) is 15.2.